The molecular formula is C19H13NO4. The lowest BCUT2D eigenvalue weighted by molar-refractivity contribution is -0.120. The van der Waals surface area contributed by atoms with Gasteiger partial charge < -0.3 is 4.42 Å². The topological polar surface area (TPSA) is 76.4 Å². The highest BCUT2D eigenvalue weighted by atomic mass is 16.4. The van der Waals surface area contributed by atoms with E-state index in [-0.39, 0.29) is 12.2 Å². The average molecular weight is 319 g/mol. The predicted octanol–water partition coefficient (Wildman–Crippen LogP) is 2.20. The molecule has 118 valence electrons. The fraction of sp³-hybridized carbons (Fsp3) is 0.105. The minimum Gasteiger partial charge on any atom is -0.426 e. The van der Waals surface area contributed by atoms with Crippen LogP contribution in [0.1, 0.15) is 27.2 Å². The minimum absolute atomic E-state index is 0.0975. The molecule has 2 heterocycles. The Morgan fingerprint density at radius 2 is 1.75 bits per heavy atom. The summed E-state index contributed by atoms with van der Waals surface area (Å²) in [5, 5.41) is 4.43. The van der Waals surface area contributed by atoms with Crippen LogP contribution in [-0.2, 0) is 17.6 Å². The third-order valence-electron chi connectivity index (χ3n) is 4.18. The van der Waals surface area contributed by atoms with E-state index in [1.807, 2.05) is 42.5 Å². The maximum Gasteiger partial charge on any atom is 0.336 e. The van der Waals surface area contributed by atoms with Gasteiger partial charge in [0.05, 0.1) is 12.0 Å². The summed E-state index contributed by atoms with van der Waals surface area (Å²) in [5.41, 5.74) is 1.32. The summed E-state index contributed by atoms with van der Waals surface area (Å²) in [6.07, 6.45) is 0.316. The second-order valence-electron chi connectivity index (χ2n) is 5.76. The molecule has 1 aromatic heterocycles. The number of rotatable bonds is 2. The summed E-state index contributed by atoms with van der Waals surface area (Å²) in [7, 11) is 0. The molecular weight excluding hydrogens is 306 g/mol. The van der Waals surface area contributed by atoms with Crippen molar-refractivity contribution in [3.8, 4) is 0 Å². The Hall–Kier alpha value is -3.21. The molecule has 1 aliphatic rings. The highest BCUT2D eigenvalue weighted by Gasteiger charge is 2.28. The van der Waals surface area contributed by atoms with Crippen molar-refractivity contribution >= 4 is 22.6 Å². The molecule has 0 bridgehead atoms. The Kier molecular flexibility index (Phi) is 3.27. The van der Waals surface area contributed by atoms with E-state index in [4.69, 9.17) is 4.42 Å². The van der Waals surface area contributed by atoms with Crippen molar-refractivity contribution in [1.82, 2.24) is 5.32 Å². The first-order chi connectivity index (χ1) is 11.6. The van der Waals surface area contributed by atoms with Crippen LogP contribution in [0.5, 0.6) is 0 Å². The molecule has 0 atom stereocenters. The van der Waals surface area contributed by atoms with Crippen LogP contribution in [0.15, 0.2) is 57.7 Å². The van der Waals surface area contributed by atoms with E-state index in [1.165, 1.54) is 6.07 Å². The lowest BCUT2D eigenvalue weighted by Crippen LogP contribution is -2.38. The second-order valence-corrected chi connectivity index (χ2v) is 5.76. The molecule has 0 spiro atoms. The number of amides is 2. The standard InChI is InChI=1S/C19H13NO4/c21-16-10-15-18(19(23)20-16)13(9-17(22)24-15)8-12-6-3-5-11-4-1-2-7-14(11)12/h1-7,9H,8,10H2,(H,20,21,23). The Bertz CT molecular complexity index is 1040. The zero-order chi connectivity index (χ0) is 16.7. The Balaban J connectivity index is 1.87. The first-order valence-corrected chi connectivity index (χ1v) is 7.58. The normalized spacial score (nSPS) is 13.7. The number of benzene rings is 2. The molecule has 2 aromatic carbocycles. The molecule has 3 aromatic rings. The molecule has 0 saturated heterocycles. The van der Waals surface area contributed by atoms with Gasteiger partial charge >= 0.3 is 5.63 Å². The smallest absolute Gasteiger partial charge is 0.336 e. The number of imide groups is 1. The number of nitrogens with one attached hydrogen (secondary N) is 1. The van der Waals surface area contributed by atoms with Crippen molar-refractivity contribution in [1.29, 1.82) is 0 Å². The zero-order valence-corrected chi connectivity index (χ0v) is 12.7. The first kappa shape index (κ1) is 14.4. The Morgan fingerprint density at radius 3 is 2.62 bits per heavy atom. The number of hydrogen-bond donors (Lipinski definition) is 1. The number of hydrogen-bond acceptors (Lipinski definition) is 4. The highest BCUT2D eigenvalue weighted by Crippen LogP contribution is 2.24. The second kappa shape index (κ2) is 5.45. The minimum atomic E-state index is -0.550. The van der Waals surface area contributed by atoms with E-state index in [2.05, 4.69) is 5.32 Å². The lowest BCUT2D eigenvalue weighted by Gasteiger charge is -2.17. The van der Waals surface area contributed by atoms with E-state index in [9.17, 15) is 14.4 Å². The van der Waals surface area contributed by atoms with E-state index >= 15 is 0 Å². The molecule has 0 fully saturated rings. The largest absolute Gasteiger partial charge is 0.426 e. The SMILES string of the molecule is O=C1Cc2oc(=O)cc(Cc3cccc4ccccc34)c2C(=O)N1. The van der Waals surface area contributed by atoms with Gasteiger partial charge in [0.2, 0.25) is 5.91 Å². The Labute approximate surface area is 136 Å². The van der Waals surface area contributed by atoms with Gasteiger partial charge in [0.1, 0.15) is 5.76 Å². The maximum absolute atomic E-state index is 12.2. The van der Waals surface area contributed by atoms with Gasteiger partial charge in [-0.2, -0.15) is 0 Å². The summed E-state index contributed by atoms with van der Waals surface area (Å²) in [6.45, 7) is 0. The molecule has 24 heavy (non-hydrogen) atoms. The van der Waals surface area contributed by atoms with Crippen molar-refractivity contribution < 1.29 is 14.0 Å². The van der Waals surface area contributed by atoms with Gasteiger partial charge in [-0.15, -0.1) is 0 Å². The van der Waals surface area contributed by atoms with E-state index in [1.54, 1.807) is 0 Å². The molecule has 1 N–H and O–H groups in total. The molecule has 4 rings (SSSR count). The number of carbonyl (C=O) groups is 2. The van der Waals surface area contributed by atoms with Crippen LogP contribution in [-0.4, -0.2) is 11.8 Å². The third kappa shape index (κ3) is 2.40. The maximum atomic E-state index is 12.2. The molecule has 1 aliphatic heterocycles. The van der Waals surface area contributed by atoms with Gasteiger partial charge in [0, 0.05) is 6.07 Å². The van der Waals surface area contributed by atoms with Crippen molar-refractivity contribution in [3.63, 3.8) is 0 Å². The first-order valence-electron chi connectivity index (χ1n) is 7.58. The van der Waals surface area contributed by atoms with Crippen molar-refractivity contribution in [2.24, 2.45) is 0 Å². The number of fused-ring (bicyclic) bond motifs is 2. The van der Waals surface area contributed by atoms with Crippen molar-refractivity contribution in [2.45, 2.75) is 12.8 Å². The van der Waals surface area contributed by atoms with E-state index in [0.29, 0.717) is 17.5 Å². The van der Waals surface area contributed by atoms with Crippen LogP contribution < -0.4 is 10.9 Å². The van der Waals surface area contributed by atoms with Gasteiger partial charge in [-0.1, -0.05) is 42.5 Å². The van der Waals surface area contributed by atoms with Crippen molar-refractivity contribution in [3.05, 3.63) is 81.4 Å². The van der Waals surface area contributed by atoms with E-state index < -0.39 is 17.4 Å². The summed E-state index contributed by atoms with van der Waals surface area (Å²) >= 11 is 0. The third-order valence-corrected chi connectivity index (χ3v) is 4.18. The predicted molar refractivity (Wildman–Crippen MR) is 87.9 cm³/mol. The van der Waals surface area contributed by atoms with Gasteiger partial charge in [-0.25, -0.2) is 4.79 Å². The Morgan fingerprint density at radius 1 is 0.958 bits per heavy atom. The quantitative estimate of drug-likeness (QED) is 0.735. The number of carbonyl (C=O) groups excluding carboxylic acids is 2. The fourth-order valence-corrected chi connectivity index (χ4v) is 3.16. The van der Waals surface area contributed by atoms with Gasteiger partial charge in [0.15, 0.2) is 0 Å². The molecule has 5 heteroatoms. The van der Waals surface area contributed by atoms with Gasteiger partial charge in [0.25, 0.3) is 5.91 Å². The fourth-order valence-electron chi connectivity index (χ4n) is 3.16. The van der Waals surface area contributed by atoms with Gasteiger partial charge in [-0.05, 0) is 28.3 Å². The summed E-state index contributed by atoms with van der Waals surface area (Å²) in [5.74, 6) is -0.829. The molecule has 0 unspecified atom stereocenters. The van der Waals surface area contributed by atoms with Crippen molar-refractivity contribution in [2.75, 3.05) is 0 Å². The molecule has 0 aliphatic carbocycles. The van der Waals surface area contributed by atoms with E-state index in [0.717, 1.165) is 16.3 Å². The van der Waals surface area contributed by atoms with Crippen LogP contribution in [0.2, 0.25) is 0 Å². The molecule has 0 radical (unpaired) electrons. The monoisotopic (exact) mass is 319 g/mol. The molecule has 5 nitrogen and oxygen atoms in total. The molecule has 2 amide bonds. The zero-order valence-electron chi connectivity index (χ0n) is 12.7. The highest BCUT2D eigenvalue weighted by molar-refractivity contribution is 6.10. The van der Waals surface area contributed by atoms with Crippen LogP contribution in [0.25, 0.3) is 10.8 Å². The summed E-state index contributed by atoms with van der Waals surface area (Å²) < 4.78 is 5.07. The van der Waals surface area contributed by atoms with Crippen LogP contribution in [0.3, 0.4) is 0 Å². The lowest BCUT2D eigenvalue weighted by atomic mass is 9.94. The summed E-state index contributed by atoms with van der Waals surface area (Å²) in [4.78, 5) is 35.5. The van der Waals surface area contributed by atoms with Gasteiger partial charge in [-0.3, -0.25) is 14.9 Å². The summed E-state index contributed by atoms with van der Waals surface area (Å²) in [6, 6.07) is 15.2. The van der Waals surface area contributed by atoms with Crippen LogP contribution in [0.4, 0.5) is 0 Å². The van der Waals surface area contributed by atoms with Crippen LogP contribution >= 0.6 is 0 Å². The van der Waals surface area contributed by atoms with Crippen LogP contribution in [0, 0.1) is 0 Å². The average Bonchev–Trinajstić information content (AvgIpc) is 2.54. The molecule has 0 saturated carbocycles.